The number of Topliss-reactive ketones (excluding diaryl/α,β-unsaturated/α-hetero) is 1. The van der Waals surface area contributed by atoms with E-state index >= 15 is 0 Å². The summed E-state index contributed by atoms with van der Waals surface area (Å²) in [6.07, 6.45) is -0.0839. The fourth-order valence-electron chi connectivity index (χ4n) is 4.32. The Hall–Kier alpha value is -4.98. The van der Waals surface area contributed by atoms with Gasteiger partial charge in [-0.3, -0.25) is 14.4 Å². The van der Waals surface area contributed by atoms with E-state index in [2.05, 4.69) is 11.1 Å². The summed E-state index contributed by atoms with van der Waals surface area (Å²) >= 11 is 6.89. The number of nitrogens with zero attached hydrogens (tertiary/aromatic N) is 3. The minimum atomic E-state index is -0.790. The molecule has 0 N–H and O–H groups in total. The van der Waals surface area contributed by atoms with Crippen LogP contribution in [0.4, 0.5) is 5.69 Å². The summed E-state index contributed by atoms with van der Waals surface area (Å²) in [5.41, 5.74) is 2.49. The van der Waals surface area contributed by atoms with Crippen LogP contribution >= 0.6 is 23.4 Å². The van der Waals surface area contributed by atoms with Gasteiger partial charge in [-0.2, -0.15) is 5.26 Å². The van der Waals surface area contributed by atoms with Crippen molar-refractivity contribution in [1.29, 1.82) is 5.26 Å². The van der Waals surface area contributed by atoms with Gasteiger partial charge in [-0.1, -0.05) is 23.4 Å². The predicted octanol–water partition coefficient (Wildman–Crippen LogP) is 5.75. The molecule has 9 nitrogen and oxygen atoms in total. The van der Waals surface area contributed by atoms with E-state index in [1.807, 2.05) is 12.1 Å². The van der Waals surface area contributed by atoms with Crippen LogP contribution in [0.3, 0.4) is 0 Å². The van der Waals surface area contributed by atoms with Gasteiger partial charge in [-0.05, 0) is 84.9 Å². The Morgan fingerprint density at radius 3 is 2.30 bits per heavy atom. The Morgan fingerprint density at radius 2 is 1.65 bits per heavy atom. The van der Waals surface area contributed by atoms with Crippen molar-refractivity contribution in [3.8, 4) is 23.1 Å². The third kappa shape index (κ3) is 6.59. The van der Waals surface area contributed by atoms with Crippen LogP contribution in [0.2, 0.25) is 5.02 Å². The highest BCUT2D eigenvalue weighted by Crippen LogP contribution is 2.36. The second kappa shape index (κ2) is 12.9. The lowest BCUT2D eigenvalue weighted by atomic mass is 10.1. The molecule has 0 aliphatic carbocycles. The second-order valence-corrected chi connectivity index (χ2v) is 10.9. The number of halogens is 1. The number of esters is 1. The molecule has 2 heterocycles. The number of anilines is 1. The first-order valence-electron chi connectivity index (χ1n) is 12.9. The molecule has 4 aromatic rings. The average molecular weight is 612 g/mol. The number of nitriles is 1. The van der Waals surface area contributed by atoms with Crippen molar-refractivity contribution in [2.75, 3.05) is 18.6 Å². The number of thioether (sulfide) groups is 1. The third-order valence-corrected chi connectivity index (χ3v) is 8.03. The first-order valence-corrected chi connectivity index (χ1v) is 14.2. The number of amides is 2. The lowest BCUT2D eigenvalue weighted by Gasteiger charge is -2.15. The van der Waals surface area contributed by atoms with Gasteiger partial charge in [0.1, 0.15) is 16.8 Å². The quantitative estimate of drug-likeness (QED) is 0.132. The van der Waals surface area contributed by atoms with Crippen LogP contribution in [-0.4, -0.2) is 47.5 Å². The summed E-state index contributed by atoms with van der Waals surface area (Å²) < 4.78 is 10.3. The Balaban J connectivity index is 1.25. The smallest absolute Gasteiger partial charge is 0.338 e. The van der Waals surface area contributed by atoms with E-state index in [1.54, 1.807) is 43.5 Å². The van der Waals surface area contributed by atoms with Crippen LogP contribution in [0.25, 0.3) is 11.3 Å². The van der Waals surface area contributed by atoms with E-state index in [0.29, 0.717) is 32.6 Å². The second-order valence-electron chi connectivity index (χ2n) is 9.32. The van der Waals surface area contributed by atoms with Crippen LogP contribution in [0, 0.1) is 11.3 Å². The van der Waals surface area contributed by atoms with Crippen molar-refractivity contribution in [1.82, 2.24) is 4.98 Å². The van der Waals surface area contributed by atoms with Crippen LogP contribution in [0.5, 0.6) is 5.75 Å². The molecule has 1 saturated heterocycles. The fraction of sp³-hybridized carbons (Fsp3) is 0.125. The molecule has 1 aromatic heterocycles. The maximum Gasteiger partial charge on any atom is 0.338 e. The number of hydrogen-bond donors (Lipinski definition) is 0. The summed E-state index contributed by atoms with van der Waals surface area (Å²) in [6.45, 7) is -0.456. The maximum atomic E-state index is 13.3. The zero-order valence-electron chi connectivity index (χ0n) is 22.7. The van der Waals surface area contributed by atoms with Crippen LogP contribution in [0.1, 0.15) is 32.7 Å². The molecule has 5 rings (SSSR count). The number of aromatic nitrogens is 1. The summed E-state index contributed by atoms with van der Waals surface area (Å²) in [5, 5.41) is 9.67. The molecule has 1 atom stereocenters. The molecular formula is C32H22ClN3O6S. The number of carbonyl (C=O) groups is 4. The molecule has 0 radical (unpaired) electrons. The van der Waals surface area contributed by atoms with Gasteiger partial charge >= 0.3 is 5.97 Å². The number of ether oxygens (including phenoxy) is 2. The van der Waals surface area contributed by atoms with Crippen molar-refractivity contribution < 1.29 is 28.7 Å². The third-order valence-electron chi connectivity index (χ3n) is 6.59. The first-order chi connectivity index (χ1) is 20.8. The summed E-state index contributed by atoms with van der Waals surface area (Å²) in [7, 11) is 1.57. The predicted molar refractivity (Wildman–Crippen MR) is 160 cm³/mol. The average Bonchev–Trinajstić information content (AvgIpc) is 3.31. The molecule has 11 heteroatoms. The SMILES string of the molecule is COc1ccc(-c2ccc(C#N)c(SC3CC(=O)N(c4ccc(C(=O)OCC(=O)c5ccc(Cl)cc5)cc4)C3=O)n2)cc1. The molecule has 0 bridgehead atoms. The van der Waals surface area contributed by atoms with Crippen LogP contribution in [0.15, 0.2) is 90.0 Å². The van der Waals surface area contributed by atoms with Gasteiger partial charge in [0.25, 0.3) is 0 Å². The van der Waals surface area contributed by atoms with Gasteiger partial charge in [-0.15, -0.1) is 0 Å². The molecule has 0 saturated carbocycles. The van der Waals surface area contributed by atoms with Gasteiger partial charge < -0.3 is 9.47 Å². The molecule has 0 spiro atoms. The van der Waals surface area contributed by atoms with Gasteiger partial charge in [0.15, 0.2) is 12.4 Å². The fourth-order valence-corrected chi connectivity index (χ4v) is 5.54. The van der Waals surface area contributed by atoms with E-state index in [1.165, 1.54) is 36.4 Å². The largest absolute Gasteiger partial charge is 0.497 e. The van der Waals surface area contributed by atoms with E-state index in [4.69, 9.17) is 21.1 Å². The van der Waals surface area contributed by atoms with Gasteiger partial charge in [0.2, 0.25) is 11.8 Å². The van der Waals surface area contributed by atoms with Crippen LogP contribution in [-0.2, 0) is 14.3 Å². The number of ketones is 1. The molecule has 1 fully saturated rings. The van der Waals surface area contributed by atoms with Gasteiger partial charge in [-0.25, -0.2) is 14.7 Å². The summed E-state index contributed by atoms with van der Waals surface area (Å²) in [4.78, 5) is 56.6. The van der Waals surface area contributed by atoms with E-state index in [0.717, 1.165) is 22.2 Å². The molecular weight excluding hydrogens is 590 g/mol. The Kier molecular flexibility index (Phi) is 8.85. The Bertz CT molecular complexity index is 1750. The van der Waals surface area contributed by atoms with Crippen molar-refractivity contribution in [2.45, 2.75) is 16.7 Å². The van der Waals surface area contributed by atoms with Crippen molar-refractivity contribution >= 4 is 52.6 Å². The van der Waals surface area contributed by atoms with Crippen molar-refractivity contribution in [3.05, 3.63) is 107 Å². The van der Waals surface area contributed by atoms with Crippen molar-refractivity contribution in [3.63, 3.8) is 0 Å². The molecule has 43 heavy (non-hydrogen) atoms. The van der Waals surface area contributed by atoms with Crippen molar-refractivity contribution in [2.24, 2.45) is 0 Å². The number of pyridine rings is 1. The minimum absolute atomic E-state index is 0.0839. The normalized spacial score (nSPS) is 14.3. The molecule has 1 unspecified atom stereocenters. The zero-order valence-corrected chi connectivity index (χ0v) is 24.2. The number of imide groups is 1. The monoisotopic (exact) mass is 611 g/mol. The molecule has 2 amide bonds. The number of benzene rings is 3. The highest BCUT2D eigenvalue weighted by Gasteiger charge is 2.41. The van der Waals surface area contributed by atoms with E-state index < -0.39 is 29.6 Å². The first kappa shape index (κ1) is 29.5. The molecule has 214 valence electrons. The van der Waals surface area contributed by atoms with E-state index in [-0.39, 0.29) is 23.5 Å². The minimum Gasteiger partial charge on any atom is -0.497 e. The summed E-state index contributed by atoms with van der Waals surface area (Å²) in [5.74, 6) is -1.30. The standard InChI is InChI=1S/C32H22ClN3O6S/c1-41-25-13-6-19(7-14-25)26-15-8-22(17-34)30(35-26)43-28-16-29(38)36(31(28)39)24-11-4-21(5-12-24)32(40)42-18-27(37)20-2-9-23(33)10-3-20/h2-15,28H,16,18H2,1H3. The highest BCUT2D eigenvalue weighted by atomic mass is 35.5. The number of methoxy groups -OCH3 is 1. The Labute approximate surface area is 256 Å². The zero-order chi connectivity index (χ0) is 30.5. The number of carbonyl (C=O) groups excluding carboxylic acids is 4. The maximum absolute atomic E-state index is 13.3. The molecule has 1 aliphatic heterocycles. The lowest BCUT2D eigenvalue weighted by Crippen LogP contribution is -2.31. The topological polar surface area (TPSA) is 127 Å². The molecule has 3 aromatic carbocycles. The lowest BCUT2D eigenvalue weighted by molar-refractivity contribution is -0.121. The van der Waals surface area contributed by atoms with Gasteiger partial charge in [0.05, 0.1) is 34.9 Å². The van der Waals surface area contributed by atoms with E-state index in [9.17, 15) is 24.4 Å². The van der Waals surface area contributed by atoms with Gasteiger partial charge in [0, 0.05) is 22.6 Å². The summed E-state index contributed by atoms with van der Waals surface area (Å²) in [6, 6.07) is 24.7. The molecule has 1 aliphatic rings. The number of rotatable bonds is 9. The Morgan fingerprint density at radius 1 is 0.977 bits per heavy atom. The number of hydrogen-bond acceptors (Lipinski definition) is 9. The highest BCUT2D eigenvalue weighted by molar-refractivity contribution is 8.00. The van der Waals surface area contributed by atoms with Crippen LogP contribution < -0.4 is 9.64 Å².